The van der Waals surface area contributed by atoms with Gasteiger partial charge in [0.15, 0.2) is 5.78 Å². The summed E-state index contributed by atoms with van der Waals surface area (Å²) in [5.41, 5.74) is 3.32. The molecule has 3 aromatic carbocycles. The third kappa shape index (κ3) is 2.94. The summed E-state index contributed by atoms with van der Waals surface area (Å²) in [6.07, 6.45) is 2.56. The number of benzene rings is 3. The molecule has 1 nitrogen and oxygen atoms in total. The van der Waals surface area contributed by atoms with E-state index < -0.39 is 7.26 Å². The first-order chi connectivity index (χ1) is 12.2. The number of Topliss-reactive ketones (excluding diaryl/α,β-unsaturated/α-hetero) is 1. The maximum absolute atomic E-state index is 12.8. The number of fused-ring (bicyclic) bond motifs is 1. The summed E-state index contributed by atoms with van der Waals surface area (Å²) in [5.74, 6) is 0.299. The molecule has 0 spiro atoms. The first-order valence-corrected chi connectivity index (χ1v) is 11.0. The monoisotopic (exact) mass is 345 g/mol. The first-order valence-electron chi connectivity index (χ1n) is 8.80. The van der Waals surface area contributed by atoms with Crippen LogP contribution in [0.1, 0.15) is 27.9 Å². The highest BCUT2D eigenvalue weighted by molar-refractivity contribution is 7.88. The third-order valence-electron chi connectivity index (χ3n) is 5.23. The fourth-order valence-electron chi connectivity index (χ4n) is 3.90. The number of rotatable bonds is 2. The van der Waals surface area contributed by atoms with E-state index in [2.05, 4.69) is 85.8 Å². The van der Waals surface area contributed by atoms with Gasteiger partial charge < -0.3 is 0 Å². The van der Waals surface area contributed by atoms with E-state index in [9.17, 15) is 4.79 Å². The molecule has 0 aliphatic carbocycles. The largest absolute Gasteiger partial charge is 0.294 e. The standard InChI is InChI=1S/C23H22OP/c1-18-12-13-19-17-25(20-8-4-2-5-9-20,21-10-6-3-7-11-21)15-14-23(24)22(19)16-18/h2-13,16H,14-15,17H2,1H3/q+1. The molecule has 25 heavy (non-hydrogen) atoms. The Labute approximate surface area is 150 Å². The Morgan fingerprint density at radius 2 is 1.40 bits per heavy atom. The van der Waals surface area contributed by atoms with Gasteiger partial charge in [-0.15, -0.1) is 0 Å². The van der Waals surface area contributed by atoms with Gasteiger partial charge in [-0.05, 0) is 37.3 Å². The van der Waals surface area contributed by atoms with E-state index in [1.54, 1.807) is 0 Å². The smallest absolute Gasteiger partial charge is 0.166 e. The predicted molar refractivity (Wildman–Crippen MR) is 108 cm³/mol. The Kier molecular flexibility index (Phi) is 4.27. The van der Waals surface area contributed by atoms with E-state index in [4.69, 9.17) is 0 Å². The molecule has 0 N–H and O–H groups in total. The molecular formula is C23H22OP+. The number of hydrogen-bond acceptors (Lipinski definition) is 1. The molecule has 0 saturated carbocycles. The molecule has 1 aliphatic heterocycles. The minimum atomic E-state index is -1.64. The van der Waals surface area contributed by atoms with E-state index in [0.717, 1.165) is 23.5 Å². The first kappa shape index (κ1) is 16.2. The van der Waals surface area contributed by atoms with Crippen molar-refractivity contribution >= 4 is 23.7 Å². The quantitative estimate of drug-likeness (QED) is 0.613. The molecule has 0 atom stereocenters. The van der Waals surface area contributed by atoms with Gasteiger partial charge >= 0.3 is 0 Å². The van der Waals surface area contributed by atoms with Crippen LogP contribution in [0.2, 0.25) is 0 Å². The normalized spacial score (nSPS) is 16.1. The van der Waals surface area contributed by atoms with Crippen molar-refractivity contribution in [2.24, 2.45) is 0 Å². The molecule has 2 heteroatoms. The molecule has 0 saturated heterocycles. The van der Waals surface area contributed by atoms with Crippen molar-refractivity contribution in [3.05, 3.63) is 95.6 Å². The molecule has 1 aliphatic rings. The van der Waals surface area contributed by atoms with Crippen LogP contribution in [0.15, 0.2) is 78.9 Å². The zero-order valence-corrected chi connectivity index (χ0v) is 15.4. The van der Waals surface area contributed by atoms with Crippen molar-refractivity contribution in [3.63, 3.8) is 0 Å². The molecule has 1 heterocycles. The van der Waals surface area contributed by atoms with E-state index in [0.29, 0.717) is 12.2 Å². The maximum Gasteiger partial charge on any atom is 0.166 e. The van der Waals surface area contributed by atoms with Crippen molar-refractivity contribution in [1.29, 1.82) is 0 Å². The van der Waals surface area contributed by atoms with Crippen molar-refractivity contribution in [2.45, 2.75) is 19.5 Å². The summed E-state index contributed by atoms with van der Waals surface area (Å²) < 4.78 is 0. The van der Waals surface area contributed by atoms with Crippen LogP contribution in [0.3, 0.4) is 0 Å². The van der Waals surface area contributed by atoms with Gasteiger partial charge in [0.25, 0.3) is 0 Å². The molecule has 124 valence electrons. The Bertz CT molecular complexity index is 860. The summed E-state index contributed by atoms with van der Waals surface area (Å²) in [6.45, 7) is 2.06. The molecule has 0 aromatic heterocycles. The number of hydrogen-bond donors (Lipinski definition) is 0. The SMILES string of the molecule is Cc1ccc2c(c1)C(=O)CC[P+](c1ccccc1)(c1ccccc1)C2. The van der Waals surface area contributed by atoms with Gasteiger partial charge in [-0.2, -0.15) is 0 Å². The van der Waals surface area contributed by atoms with E-state index in [1.165, 1.54) is 16.2 Å². The van der Waals surface area contributed by atoms with Crippen LogP contribution in [0.4, 0.5) is 0 Å². The Balaban J connectivity index is 1.93. The van der Waals surface area contributed by atoms with Crippen molar-refractivity contribution in [3.8, 4) is 0 Å². The van der Waals surface area contributed by atoms with Crippen LogP contribution in [-0.2, 0) is 6.16 Å². The van der Waals surface area contributed by atoms with Crippen LogP contribution < -0.4 is 10.6 Å². The number of carbonyl (C=O) groups is 1. The van der Waals surface area contributed by atoms with Crippen LogP contribution >= 0.6 is 7.26 Å². The highest BCUT2D eigenvalue weighted by Gasteiger charge is 2.45. The summed E-state index contributed by atoms with van der Waals surface area (Å²) >= 11 is 0. The maximum atomic E-state index is 12.8. The molecule has 0 amide bonds. The number of carbonyl (C=O) groups excluding carboxylic acids is 1. The number of aryl methyl sites for hydroxylation is 1. The Morgan fingerprint density at radius 1 is 0.800 bits per heavy atom. The minimum absolute atomic E-state index is 0.299. The zero-order valence-electron chi connectivity index (χ0n) is 14.5. The second-order valence-corrected chi connectivity index (χ2v) is 10.6. The summed E-state index contributed by atoms with van der Waals surface area (Å²) in [6, 6.07) is 28.1. The molecule has 0 bridgehead atoms. The fourth-order valence-corrected chi connectivity index (χ4v) is 8.17. The second kappa shape index (κ2) is 6.58. The highest BCUT2D eigenvalue weighted by Crippen LogP contribution is 2.61. The van der Waals surface area contributed by atoms with Crippen molar-refractivity contribution < 1.29 is 4.79 Å². The average Bonchev–Trinajstić information content (AvgIpc) is 2.81. The van der Waals surface area contributed by atoms with E-state index >= 15 is 0 Å². The lowest BCUT2D eigenvalue weighted by Crippen LogP contribution is -2.26. The van der Waals surface area contributed by atoms with Crippen LogP contribution in [0.25, 0.3) is 0 Å². The van der Waals surface area contributed by atoms with Crippen LogP contribution in [-0.4, -0.2) is 11.9 Å². The molecular weight excluding hydrogens is 323 g/mol. The highest BCUT2D eigenvalue weighted by atomic mass is 31.2. The predicted octanol–water partition coefficient (Wildman–Crippen LogP) is 4.75. The van der Waals surface area contributed by atoms with Crippen LogP contribution in [0, 0.1) is 6.92 Å². The third-order valence-corrected chi connectivity index (χ3v) is 9.67. The average molecular weight is 345 g/mol. The lowest BCUT2D eigenvalue weighted by atomic mass is 10.0. The van der Waals surface area contributed by atoms with Gasteiger partial charge in [0, 0.05) is 17.5 Å². The fraction of sp³-hybridized carbons (Fsp3) is 0.174. The summed E-state index contributed by atoms with van der Waals surface area (Å²) in [4.78, 5) is 12.8. The summed E-state index contributed by atoms with van der Waals surface area (Å²) in [5, 5.41) is 2.81. The van der Waals surface area contributed by atoms with Crippen molar-refractivity contribution in [1.82, 2.24) is 0 Å². The molecule has 4 rings (SSSR count). The van der Waals surface area contributed by atoms with Gasteiger partial charge in [-0.1, -0.05) is 54.1 Å². The van der Waals surface area contributed by atoms with Crippen molar-refractivity contribution in [2.75, 3.05) is 6.16 Å². The number of ketones is 1. The molecule has 0 unspecified atom stereocenters. The van der Waals surface area contributed by atoms with E-state index in [1.807, 2.05) is 0 Å². The Hall–Kier alpha value is -2.24. The summed E-state index contributed by atoms with van der Waals surface area (Å²) in [7, 11) is -1.64. The van der Waals surface area contributed by atoms with Gasteiger partial charge in [-0.3, -0.25) is 4.79 Å². The topological polar surface area (TPSA) is 17.1 Å². The van der Waals surface area contributed by atoms with Crippen LogP contribution in [0.5, 0.6) is 0 Å². The van der Waals surface area contributed by atoms with E-state index in [-0.39, 0.29) is 0 Å². The van der Waals surface area contributed by atoms with Gasteiger partial charge in [0.2, 0.25) is 0 Å². The zero-order chi connectivity index (χ0) is 17.3. The lowest BCUT2D eigenvalue weighted by molar-refractivity contribution is 0.0989. The minimum Gasteiger partial charge on any atom is -0.294 e. The lowest BCUT2D eigenvalue weighted by Gasteiger charge is -2.26. The van der Waals surface area contributed by atoms with Gasteiger partial charge in [0.1, 0.15) is 0 Å². The second-order valence-electron chi connectivity index (χ2n) is 6.85. The molecule has 0 radical (unpaired) electrons. The van der Waals surface area contributed by atoms with Gasteiger partial charge in [0.05, 0.1) is 30.2 Å². The Morgan fingerprint density at radius 3 is 2.00 bits per heavy atom. The molecule has 0 fully saturated rings. The van der Waals surface area contributed by atoms with Gasteiger partial charge in [-0.25, -0.2) is 0 Å². The molecule has 3 aromatic rings.